The van der Waals surface area contributed by atoms with E-state index in [0.29, 0.717) is 17.1 Å². The van der Waals surface area contributed by atoms with Gasteiger partial charge in [0, 0.05) is 12.5 Å². The fourth-order valence-corrected chi connectivity index (χ4v) is 2.31. The fourth-order valence-electron chi connectivity index (χ4n) is 2.31. The van der Waals surface area contributed by atoms with Crippen LogP contribution in [-0.4, -0.2) is 19.6 Å². The maximum absolute atomic E-state index is 13.5. The van der Waals surface area contributed by atoms with Gasteiger partial charge in [0.25, 0.3) is 0 Å². The van der Waals surface area contributed by atoms with Gasteiger partial charge >= 0.3 is 0 Å². The zero-order valence-corrected chi connectivity index (χ0v) is 11.2. The summed E-state index contributed by atoms with van der Waals surface area (Å²) in [5.74, 6) is 1.11. The number of hydrogen-bond acceptors (Lipinski definition) is 3. The monoisotopic (exact) mass is 258 g/mol. The number of fused-ring (bicyclic) bond motifs is 3. The maximum Gasteiger partial charge on any atom is 0.182 e. The normalized spacial score (nSPS) is 11.8. The van der Waals surface area contributed by atoms with Crippen LogP contribution in [0.3, 0.4) is 0 Å². The van der Waals surface area contributed by atoms with E-state index in [2.05, 4.69) is 29.0 Å². The smallest absolute Gasteiger partial charge is 0.182 e. The van der Waals surface area contributed by atoms with Crippen LogP contribution in [0.2, 0.25) is 0 Å². The fraction of sp³-hybridized carbons (Fsp3) is 0.357. The Hall–Kier alpha value is -2.04. The molecule has 0 saturated heterocycles. The molecule has 0 radical (unpaired) electrons. The molecule has 3 aromatic rings. The van der Waals surface area contributed by atoms with Crippen molar-refractivity contribution in [3.05, 3.63) is 35.5 Å². The number of imidazole rings is 1. The third-order valence-electron chi connectivity index (χ3n) is 3.11. The number of benzene rings is 1. The molecule has 3 rings (SSSR count). The molecule has 0 aliphatic carbocycles. The van der Waals surface area contributed by atoms with Crippen LogP contribution in [0.5, 0.6) is 0 Å². The average Bonchev–Trinajstić information content (AvgIpc) is 2.65. The summed E-state index contributed by atoms with van der Waals surface area (Å²) in [7, 11) is 0. The predicted octanol–water partition coefficient (Wildman–Crippen LogP) is 2.92. The molecule has 4 nitrogen and oxygen atoms in total. The quantitative estimate of drug-likeness (QED) is 0.709. The summed E-state index contributed by atoms with van der Waals surface area (Å²) in [4.78, 5) is 4.55. The Morgan fingerprint density at radius 2 is 2.05 bits per heavy atom. The summed E-state index contributed by atoms with van der Waals surface area (Å²) in [5.41, 5.74) is 2.93. The molecule has 2 heterocycles. The lowest BCUT2D eigenvalue weighted by Gasteiger charge is -2.06. The Labute approximate surface area is 110 Å². The van der Waals surface area contributed by atoms with Gasteiger partial charge in [-0.25, -0.2) is 9.37 Å². The molecule has 0 fully saturated rings. The van der Waals surface area contributed by atoms with E-state index < -0.39 is 0 Å². The Morgan fingerprint density at radius 1 is 1.26 bits per heavy atom. The molecular formula is C14H15FN4. The second kappa shape index (κ2) is 4.26. The van der Waals surface area contributed by atoms with Crippen LogP contribution in [-0.2, 0) is 6.42 Å². The van der Waals surface area contributed by atoms with Gasteiger partial charge in [-0.1, -0.05) is 13.8 Å². The van der Waals surface area contributed by atoms with Gasteiger partial charge in [0.2, 0.25) is 0 Å². The SMILES string of the molecule is Cc1nc(CC(C)C)n2c1nnc1ccc(F)cc12. The second-order valence-electron chi connectivity index (χ2n) is 5.20. The lowest BCUT2D eigenvalue weighted by molar-refractivity contribution is 0.618. The first-order valence-electron chi connectivity index (χ1n) is 6.36. The van der Waals surface area contributed by atoms with Crippen molar-refractivity contribution in [3.8, 4) is 0 Å². The van der Waals surface area contributed by atoms with Gasteiger partial charge in [0.05, 0.1) is 11.2 Å². The molecule has 0 spiro atoms. The van der Waals surface area contributed by atoms with Crippen molar-refractivity contribution in [1.82, 2.24) is 19.6 Å². The zero-order valence-electron chi connectivity index (χ0n) is 11.2. The van der Waals surface area contributed by atoms with E-state index in [4.69, 9.17) is 0 Å². The van der Waals surface area contributed by atoms with E-state index in [9.17, 15) is 4.39 Å². The molecule has 98 valence electrons. The standard InChI is InChI=1S/C14H15FN4/c1-8(2)6-13-16-9(3)14-18-17-11-5-4-10(15)7-12(11)19(13)14/h4-5,7-8H,6H2,1-3H3. The van der Waals surface area contributed by atoms with Crippen molar-refractivity contribution in [1.29, 1.82) is 0 Å². The summed E-state index contributed by atoms with van der Waals surface area (Å²) < 4.78 is 15.4. The molecule has 0 unspecified atom stereocenters. The molecule has 0 aliphatic heterocycles. The van der Waals surface area contributed by atoms with Gasteiger partial charge < -0.3 is 0 Å². The van der Waals surface area contributed by atoms with Gasteiger partial charge in [-0.15, -0.1) is 10.2 Å². The van der Waals surface area contributed by atoms with Crippen molar-refractivity contribution in [2.75, 3.05) is 0 Å². The van der Waals surface area contributed by atoms with Gasteiger partial charge in [-0.2, -0.15) is 0 Å². The van der Waals surface area contributed by atoms with Crippen LogP contribution in [0.1, 0.15) is 25.4 Å². The highest BCUT2D eigenvalue weighted by Gasteiger charge is 2.14. The third-order valence-corrected chi connectivity index (χ3v) is 3.11. The van der Waals surface area contributed by atoms with Crippen LogP contribution < -0.4 is 0 Å². The largest absolute Gasteiger partial charge is 0.277 e. The van der Waals surface area contributed by atoms with E-state index in [1.807, 2.05) is 11.3 Å². The minimum absolute atomic E-state index is 0.274. The molecule has 2 aromatic heterocycles. The number of aryl methyl sites for hydroxylation is 1. The summed E-state index contributed by atoms with van der Waals surface area (Å²) in [5, 5.41) is 8.32. The van der Waals surface area contributed by atoms with Crippen LogP contribution >= 0.6 is 0 Å². The molecule has 0 N–H and O–H groups in total. The molecule has 5 heteroatoms. The van der Waals surface area contributed by atoms with Crippen molar-refractivity contribution in [3.63, 3.8) is 0 Å². The van der Waals surface area contributed by atoms with Gasteiger partial charge in [-0.3, -0.25) is 4.40 Å². The highest BCUT2D eigenvalue weighted by atomic mass is 19.1. The topological polar surface area (TPSA) is 43.1 Å². The zero-order chi connectivity index (χ0) is 13.6. The van der Waals surface area contributed by atoms with Crippen molar-refractivity contribution >= 4 is 16.7 Å². The number of hydrogen-bond donors (Lipinski definition) is 0. The maximum atomic E-state index is 13.5. The molecule has 0 amide bonds. The van der Waals surface area contributed by atoms with Gasteiger partial charge in [0.15, 0.2) is 5.65 Å². The third kappa shape index (κ3) is 1.95. The molecular weight excluding hydrogens is 243 g/mol. The molecule has 0 aliphatic rings. The summed E-state index contributed by atoms with van der Waals surface area (Å²) in [6, 6.07) is 4.53. The second-order valence-corrected chi connectivity index (χ2v) is 5.20. The number of aromatic nitrogens is 4. The van der Waals surface area contributed by atoms with Crippen LogP contribution in [0, 0.1) is 18.7 Å². The van der Waals surface area contributed by atoms with Crippen molar-refractivity contribution in [2.24, 2.45) is 5.92 Å². The van der Waals surface area contributed by atoms with Crippen LogP contribution in [0.15, 0.2) is 18.2 Å². The van der Waals surface area contributed by atoms with E-state index in [1.54, 1.807) is 6.07 Å². The Morgan fingerprint density at radius 3 is 2.79 bits per heavy atom. The van der Waals surface area contributed by atoms with Gasteiger partial charge in [0.1, 0.15) is 17.2 Å². The molecule has 0 atom stereocenters. The molecule has 1 aromatic carbocycles. The van der Waals surface area contributed by atoms with E-state index in [0.717, 1.165) is 23.5 Å². The lowest BCUT2D eigenvalue weighted by Crippen LogP contribution is -2.03. The van der Waals surface area contributed by atoms with E-state index in [1.165, 1.54) is 12.1 Å². The Kier molecular flexibility index (Phi) is 2.69. The summed E-state index contributed by atoms with van der Waals surface area (Å²) in [6.07, 6.45) is 0.826. The molecule has 19 heavy (non-hydrogen) atoms. The first kappa shape index (κ1) is 12.0. The molecule has 0 bridgehead atoms. The number of halogens is 1. The first-order valence-corrected chi connectivity index (χ1v) is 6.36. The van der Waals surface area contributed by atoms with Crippen LogP contribution in [0.4, 0.5) is 4.39 Å². The van der Waals surface area contributed by atoms with E-state index >= 15 is 0 Å². The Balaban J connectivity index is 2.41. The highest BCUT2D eigenvalue weighted by molar-refractivity contribution is 5.77. The van der Waals surface area contributed by atoms with Gasteiger partial charge in [-0.05, 0) is 25.0 Å². The minimum Gasteiger partial charge on any atom is -0.277 e. The van der Waals surface area contributed by atoms with Crippen LogP contribution in [0.25, 0.3) is 16.7 Å². The predicted molar refractivity (Wildman–Crippen MR) is 71.5 cm³/mol. The summed E-state index contributed by atoms with van der Waals surface area (Å²) >= 11 is 0. The lowest BCUT2D eigenvalue weighted by atomic mass is 10.1. The van der Waals surface area contributed by atoms with E-state index in [-0.39, 0.29) is 5.82 Å². The number of nitrogens with zero attached hydrogens (tertiary/aromatic N) is 4. The summed E-state index contributed by atoms with van der Waals surface area (Å²) in [6.45, 7) is 6.17. The first-order chi connectivity index (χ1) is 9.06. The van der Waals surface area contributed by atoms with Crippen molar-refractivity contribution < 1.29 is 4.39 Å². The number of rotatable bonds is 2. The van der Waals surface area contributed by atoms with Crippen molar-refractivity contribution in [2.45, 2.75) is 27.2 Å². The molecule has 0 saturated carbocycles. The highest BCUT2D eigenvalue weighted by Crippen LogP contribution is 2.20. The Bertz CT molecular complexity index is 761. The minimum atomic E-state index is -0.274. The average molecular weight is 258 g/mol.